The predicted octanol–water partition coefficient (Wildman–Crippen LogP) is 10.4. The summed E-state index contributed by atoms with van der Waals surface area (Å²) in [4.78, 5) is 0. The summed E-state index contributed by atoms with van der Waals surface area (Å²) in [6.45, 7) is 22.6. The van der Waals surface area contributed by atoms with Gasteiger partial charge in [0.05, 0.1) is 22.4 Å². The van der Waals surface area contributed by atoms with Crippen molar-refractivity contribution in [3.8, 4) is 11.1 Å². The third kappa shape index (κ3) is 6.75. The van der Waals surface area contributed by atoms with Crippen molar-refractivity contribution in [1.29, 1.82) is 0 Å². The Balaban J connectivity index is -0.00000163. The molecule has 0 amide bonds. The smallest absolute Gasteiger partial charge is 0.399 e. The molecule has 0 spiro atoms. The van der Waals surface area contributed by atoms with Crippen LogP contribution >= 0.6 is 0 Å². The van der Waals surface area contributed by atoms with Gasteiger partial charge in [-0.15, -0.1) is 0 Å². The molecular weight excluding hydrogens is 578 g/mol. The molecule has 0 bridgehead atoms. The van der Waals surface area contributed by atoms with Crippen LogP contribution in [0, 0.1) is 0 Å². The molecule has 5 rings (SSSR count). The van der Waals surface area contributed by atoms with Gasteiger partial charge < -0.3 is 18.6 Å². The van der Waals surface area contributed by atoms with Crippen LogP contribution < -0.4 is 10.9 Å². The molecule has 2 saturated heterocycles. The van der Waals surface area contributed by atoms with Gasteiger partial charge in [-0.05, 0) is 131 Å². The SMILES string of the molecule is C=C=C=C=C=C=C=CC1(CCCCCCCC)c2cc(B3OC(C)(C)C(C)(C)O3)ccc2-c2ccc(B3OC(C)(C)C(C)(C)O3)cc21.[HH].[HH].[HH].[HH].[HH].[HH].[HH].[HH]. The van der Waals surface area contributed by atoms with Gasteiger partial charge in [0, 0.05) is 16.8 Å². The third-order valence-electron chi connectivity index (χ3n) is 11.0. The van der Waals surface area contributed by atoms with Gasteiger partial charge in [-0.3, -0.25) is 0 Å². The van der Waals surface area contributed by atoms with Gasteiger partial charge in [0.15, 0.2) is 0 Å². The van der Waals surface area contributed by atoms with Crippen molar-refractivity contribution in [2.45, 2.75) is 135 Å². The van der Waals surface area contributed by atoms with E-state index in [9.17, 15) is 0 Å². The molecule has 0 atom stereocenters. The van der Waals surface area contributed by atoms with E-state index < -0.39 is 42.1 Å². The van der Waals surface area contributed by atoms with Crippen LogP contribution in [-0.4, -0.2) is 36.6 Å². The lowest BCUT2D eigenvalue weighted by Crippen LogP contribution is -2.41. The summed E-state index contributed by atoms with van der Waals surface area (Å²) in [5.74, 6) is 0. The summed E-state index contributed by atoms with van der Waals surface area (Å²) in [7, 11) is -0.918. The van der Waals surface area contributed by atoms with Crippen LogP contribution in [0.25, 0.3) is 11.1 Å². The molecule has 2 aliphatic heterocycles. The zero-order chi connectivity index (χ0) is 34.1. The Kier molecular flexibility index (Phi) is 10.0. The highest BCUT2D eigenvalue weighted by atomic mass is 16.7. The zero-order valence-corrected chi connectivity index (χ0v) is 30.0. The van der Waals surface area contributed by atoms with Crippen LogP contribution in [0.4, 0.5) is 0 Å². The lowest BCUT2D eigenvalue weighted by Gasteiger charge is -2.32. The first-order valence-corrected chi connectivity index (χ1v) is 17.3. The Hall–Kier alpha value is -3.17. The summed E-state index contributed by atoms with van der Waals surface area (Å²) in [5.41, 5.74) is 22.0. The number of benzene rings is 2. The first kappa shape index (κ1) is 35.1. The Bertz CT molecular complexity index is 1660. The summed E-state index contributed by atoms with van der Waals surface area (Å²) < 4.78 is 26.1. The van der Waals surface area contributed by atoms with Gasteiger partial charge in [0.25, 0.3) is 0 Å². The third-order valence-corrected chi connectivity index (χ3v) is 11.0. The van der Waals surface area contributed by atoms with E-state index >= 15 is 0 Å². The minimum absolute atomic E-state index is 0. The minimum atomic E-state index is -0.471. The fourth-order valence-corrected chi connectivity index (χ4v) is 6.71. The van der Waals surface area contributed by atoms with Crippen LogP contribution in [0.5, 0.6) is 0 Å². The summed E-state index contributed by atoms with van der Waals surface area (Å²) in [5, 5.41) is 0. The van der Waals surface area contributed by atoms with Crippen LogP contribution in [0.3, 0.4) is 0 Å². The average molecular weight is 645 g/mol. The monoisotopic (exact) mass is 645 g/mol. The van der Waals surface area contributed by atoms with Gasteiger partial charge in [-0.25, -0.2) is 0 Å². The molecule has 0 unspecified atom stereocenters. The first-order valence-electron chi connectivity index (χ1n) is 17.3. The molecule has 47 heavy (non-hydrogen) atoms. The largest absolute Gasteiger partial charge is 0.494 e. The molecule has 4 nitrogen and oxygen atoms in total. The van der Waals surface area contributed by atoms with Crippen molar-refractivity contribution in [3.05, 3.63) is 94.6 Å². The van der Waals surface area contributed by atoms with Crippen LogP contribution in [0.2, 0.25) is 0 Å². The van der Waals surface area contributed by atoms with E-state index in [4.69, 9.17) is 18.6 Å². The number of unbranched alkanes of at least 4 members (excludes halogenated alkanes) is 5. The van der Waals surface area contributed by atoms with E-state index in [0.717, 1.165) is 23.8 Å². The van der Waals surface area contributed by atoms with Gasteiger partial charge >= 0.3 is 14.2 Å². The highest BCUT2D eigenvalue weighted by molar-refractivity contribution is 6.62. The average Bonchev–Trinajstić information content (AvgIpc) is 3.50. The van der Waals surface area contributed by atoms with Crippen molar-refractivity contribution in [3.63, 3.8) is 0 Å². The zero-order valence-electron chi connectivity index (χ0n) is 30.0. The van der Waals surface area contributed by atoms with Crippen LogP contribution in [0.1, 0.15) is 130 Å². The number of allylic oxidation sites excluding steroid dienone is 1. The molecule has 2 heterocycles. The molecule has 3 aliphatic rings. The molecule has 6 heteroatoms. The maximum atomic E-state index is 6.52. The van der Waals surface area contributed by atoms with E-state index in [1.165, 1.54) is 54.4 Å². The second-order valence-electron chi connectivity index (χ2n) is 15.2. The number of hydrogen-bond acceptors (Lipinski definition) is 4. The van der Waals surface area contributed by atoms with Crippen molar-refractivity contribution in [1.82, 2.24) is 0 Å². The first-order chi connectivity index (χ1) is 22.2. The molecule has 2 aromatic carbocycles. The van der Waals surface area contributed by atoms with Crippen molar-refractivity contribution in [2.75, 3.05) is 0 Å². The second-order valence-corrected chi connectivity index (χ2v) is 15.2. The van der Waals surface area contributed by atoms with E-state index in [2.05, 4.69) is 146 Å². The quantitative estimate of drug-likeness (QED) is 0.147. The van der Waals surface area contributed by atoms with Gasteiger partial charge in [-0.2, -0.15) is 0 Å². The topological polar surface area (TPSA) is 36.9 Å². The Labute approximate surface area is 295 Å². The van der Waals surface area contributed by atoms with Gasteiger partial charge in [-0.1, -0.05) is 93.3 Å². The molecular formula is C41H66B2O4. The molecule has 0 saturated carbocycles. The number of fused-ring (bicyclic) bond motifs is 3. The van der Waals surface area contributed by atoms with Crippen LogP contribution in [0.15, 0.2) is 83.4 Å². The van der Waals surface area contributed by atoms with E-state index in [-0.39, 0.29) is 11.4 Å². The summed E-state index contributed by atoms with van der Waals surface area (Å²) in [6.07, 6.45) is 10.3. The fourth-order valence-electron chi connectivity index (χ4n) is 6.71. The highest BCUT2D eigenvalue weighted by Crippen LogP contribution is 2.52. The maximum Gasteiger partial charge on any atom is 0.494 e. The lowest BCUT2D eigenvalue weighted by molar-refractivity contribution is 0.00578. The molecule has 2 aromatic rings. The van der Waals surface area contributed by atoms with E-state index in [0.29, 0.717) is 0 Å². The summed E-state index contributed by atoms with van der Waals surface area (Å²) in [6, 6.07) is 13.4. The standard InChI is InChI=1S/C41H50B2O4.8H2/c1-11-13-15-17-19-21-27-41(28-22-20-18-16-14-12-2)35-29-31(42-44-37(3,4)38(5,6)45-42)23-25-33(35)34-26-24-32(30-36(34)41)43-46-39(7,8)40(9,10)47-43;;;;;;;;/h23-27,29-30H,1,12,14,16,18,20,22,28H2,2-10H3;8*1H. The fraction of sp³-hybridized carbons (Fsp3) is 0.512. The van der Waals surface area contributed by atoms with Crippen molar-refractivity contribution < 1.29 is 30.0 Å². The minimum Gasteiger partial charge on any atom is -0.399 e. The molecule has 260 valence electrons. The van der Waals surface area contributed by atoms with Gasteiger partial charge in [0.2, 0.25) is 0 Å². The molecule has 0 radical (unpaired) electrons. The van der Waals surface area contributed by atoms with Crippen molar-refractivity contribution >= 4 is 25.2 Å². The van der Waals surface area contributed by atoms with Crippen molar-refractivity contribution in [2.24, 2.45) is 0 Å². The highest BCUT2D eigenvalue weighted by Gasteiger charge is 2.54. The van der Waals surface area contributed by atoms with Gasteiger partial charge in [0.1, 0.15) is 0 Å². The number of hydrogen-bond donors (Lipinski definition) is 0. The molecule has 0 N–H and O–H groups in total. The van der Waals surface area contributed by atoms with E-state index in [1.54, 1.807) is 0 Å². The maximum absolute atomic E-state index is 6.52. The Morgan fingerprint density at radius 2 is 1.09 bits per heavy atom. The molecule has 0 aromatic heterocycles. The van der Waals surface area contributed by atoms with Crippen LogP contribution in [-0.2, 0) is 24.0 Å². The summed E-state index contributed by atoms with van der Waals surface area (Å²) >= 11 is 0. The molecule has 1 aliphatic carbocycles. The predicted molar refractivity (Wildman–Crippen MR) is 210 cm³/mol. The Morgan fingerprint density at radius 3 is 1.55 bits per heavy atom. The Morgan fingerprint density at radius 1 is 0.638 bits per heavy atom. The second kappa shape index (κ2) is 13.4. The lowest BCUT2D eigenvalue weighted by atomic mass is 9.69. The van der Waals surface area contributed by atoms with E-state index in [1.807, 2.05) is 0 Å². The molecule has 2 fully saturated rings. The number of rotatable bonds is 10. The normalized spacial score (nSPS) is 20.2.